The molecule has 0 heterocycles. The highest BCUT2D eigenvalue weighted by Gasteiger charge is 2.50. The van der Waals surface area contributed by atoms with Gasteiger partial charge in [-0.1, -0.05) is 165 Å². The van der Waals surface area contributed by atoms with E-state index in [1.54, 1.807) is 0 Å². The van der Waals surface area contributed by atoms with Crippen LogP contribution in [-0.2, 0) is 42.4 Å². The standard InChI is InChI=1S/C46H78O9Si/c1-5-6-7-8-9-10-11-12-13-14-15-16-23-28-45(47)54-41-39-52-37-35-50-33-31-48-29-30-49-32-34-51-36-38-53-40-42-55-56(46(2,3)4,43-24-19-17-20-25-43)44-26-21-18-22-27-44/h17-22,24-27H,5-16,23,28-42H2,1-4H3. The van der Waals surface area contributed by atoms with Crippen molar-refractivity contribution in [1.82, 2.24) is 0 Å². The number of ether oxygens (including phenoxy) is 7. The zero-order valence-corrected chi connectivity index (χ0v) is 36.7. The third kappa shape index (κ3) is 23.3. The first-order valence-corrected chi connectivity index (χ1v) is 23.7. The molecule has 320 valence electrons. The van der Waals surface area contributed by atoms with E-state index in [1.165, 1.54) is 81.0 Å². The molecule has 56 heavy (non-hydrogen) atoms. The van der Waals surface area contributed by atoms with Crippen molar-refractivity contribution >= 4 is 24.7 Å². The molecule has 0 atom stereocenters. The minimum Gasteiger partial charge on any atom is -0.463 e. The summed E-state index contributed by atoms with van der Waals surface area (Å²) in [6, 6.07) is 21.3. The zero-order chi connectivity index (χ0) is 40.3. The van der Waals surface area contributed by atoms with Gasteiger partial charge in [0.25, 0.3) is 8.32 Å². The molecule has 0 aliphatic rings. The lowest BCUT2D eigenvalue weighted by molar-refractivity contribution is -0.145. The Kier molecular flexibility index (Phi) is 30.2. The molecule has 2 rings (SSSR count). The van der Waals surface area contributed by atoms with E-state index in [9.17, 15) is 4.79 Å². The van der Waals surface area contributed by atoms with Crippen LogP contribution < -0.4 is 10.4 Å². The topological polar surface area (TPSA) is 90.9 Å². The van der Waals surface area contributed by atoms with Gasteiger partial charge in [0.2, 0.25) is 0 Å². The van der Waals surface area contributed by atoms with Crippen molar-refractivity contribution in [3.8, 4) is 0 Å². The first-order chi connectivity index (χ1) is 27.4. The fourth-order valence-corrected chi connectivity index (χ4v) is 11.3. The van der Waals surface area contributed by atoms with Crippen LogP contribution in [0.3, 0.4) is 0 Å². The number of rotatable bonds is 38. The van der Waals surface area contributed by atoms with E-state index in [0.717, 1.165) is 12.8 Å². The van der Waals surface area contributed by atoms with Gasteiger partial charge in [-0.3, -0.25) is 4.79 Å². The van der Waals surface area contributed by atoms with Crippen LogP contribution in [0.2, 0.25) is 5.04 Å². The van der Waals surface area contributed by atoms with E-state index >= 15 is 0 Å². The van der Waals surface area contributed by atoms with Crippen LogP contribution in [0.5, 0.6) is 0 Å². The molecule has 2 aromatic rings. The molecule has 0 aromatic heterocycles. The third-order valence-electron chi connectivity index (χ3n) is 9.80. The average Bonchev–Trinajstić information content (AvgIpc) is 3.20. The smallest absolute Gasteiger partial charge is 0.305 e. The second kappa shape index (κ2) is 33.8. The van der Waals surface area contributed by atoms with E-state index in [1.807, 2.05) is 0 Å². The van der Waals surface area contributed by atoms with Crippen LogP contribution in [-0.4, -0.2) is 107 Å². The maximum absolute atomic E-state index is 11.9. The molecule has 2 aromatic carbocycles. The number of carbonyl (C=O) groups is 1. The first-order valence-electron chi connectivity index (χ1n) is 21.8. The normalized spacial score (nSPS) is 12.0. The van der Waals surface area contributed by atoms with Crippen molar-refractivity contribution in [1.29, 1.82) is 0 Å². The second-order valence-electron chi connectivity index (χ2n) is 15.4. The fourth-order valence-electron chi connectivity index (χ4n) is 6.79. The lowest BCUT2D eigenvalue weighted by atomic mass is 10.0. The Morgan fingerprint density at radius 3 is 1.12 bits per heavy atom. The summed E-state index contributed by atoms with van der Waals surface area (Å²) in [6.07, 6.45) is 17.3. The van der Waals surface area contributed by atoms with E-state index < -0.39 is 8.32 Å². The van der Waals surface area contributed by atoms with Crippen molar-refractivity contribution in [3.05, 3.63) is 60.7 Å². The summed E-state index contributed by atoms with van der Waals surface area (Å²) >= 11 is 0. The monoisotopic (exact) mass is 803 g/mol. The Morgan fingerprint density at radius 1 is 0.446 bits per heavy atom. The van der Waals surface area contributed by atoms with E-state index in [4.69, 9.17) is 37.6 Å². The molecule has 10 heteroatoms. The van der Waals surface area contributed by atoms with Gasteiger partial charge in [0.1, 0.15) is 6.61 Å². The molecule has 0 bridgehead atoms. The lowest BCUT2D eigenvalue weighted by Gasteiger charge is -2.43. The van der Waals surface area contributed by atoms with Crippen LogP contribution in [0.1, 0.15) is 118 Å². The Bertz CT molecular complexity index is 1120. The number of hydrogen-bond donors (Lipinski definition) is 0. The lowest BCUT2D eigenvalue weighted by Crippen LogP contribution is -2.66. The van der Waals surface area contributed by atoms with Gasteiger partial charge in [-0.15, -0.1) is 0 Å². The van der Waals surface area contributed by atoms with Crippen LogP contribution in [0.15, 0.2) is 60.7 Å². The van der Waals surface area contributed by atoms with Crippen molar-refractivity contribution in [2.24, 2.45) is 0 Å². The van der Waals surface area contributed by atoms with Gasteiger partial charge < -0.3 is 37.6 Å². The fraction of sp³-hybridized carbons (Fsp3) is 0.717. The summed E-state index contributed by atoms with van der Waals surface area (Å²) in [5.41, 5.74) is 0. The molecule has 0 N–H and O–H groups in total. The maximum Gasteiger partial charge on any atom is 0.305 e. The Labute approximate surface area is 341 Å². The van der Waals surface area contributed by atoms with Gasteiger partial charge in [0, 0.05) is 6.42 Å². The molecule has 0 aliphatic heterocycles. The minimum atomic E-state index is -2.54. The molecule has 0 fully saturated rings. The molecule has 0 unspecified atom stereocenters. The number of carbonyl (C=O) groups excluding carboxylic acids is 1. The predicted molar refractivity (Wildman–Crippen MR) is 230 cm³/mol. The van der Waals surface area contributed by atoms with Gasteiger partial charge in [0.15, 0.2) is 0 Å². The van der Waals surface area contributed by atoms with Gasteiger partial charge >= 0.3 is 5.97 Å². The van der Waals surface area contributed by atoms with Gasteiger partial charge in [0.05, 0.1) is 85.9 Å². The molecule has 9 nitrogen and oxygen atoms in total. The summed E-state index contributed by atoms with van der Waals surface area (Å²) in [4.78, 5) is 11.9. The largest absolute Gasteiger partial charge is 0.463 e. The average molecular weight is 803 g/mol. The highest BCUT2D eigenvalue weighted by molar-refractivity contribution is 6.99. The molecule has 0 aliphatic carbocycles. The molecule has 0 radical (unpaired) electrons. The molecular weight excluding hydrogens is 725 g/mol. The second-order valence-corrected chi connectivity index (χ2v) is 19.7. The summed E-state index contributed by atoms with van der Waals surface area (Å²) in [5.74, 6) is -0.128. The number of benzene rings is 2. The van der Waals surface area contributed by atoms with Crippen molar-refractivity contribution < 1.29 is 42.4 Å². The molecule has 0 amide bonds. The minimum absolute atomic E-state index is 0.0564. The van der Waals surface area contributed by atoms with Crippen LogP contribution in [0.25, 0.3) is 0 Å². The number of hydrogen-bond acceptors (Lipinski definition) is 9. The van der Waals surface area contributed by atoms with E-state index in [2.05, 4.69) is 88.4 Å². The highest BCUT2D eigenvalue weighted by atomic mass is 28.4. The van der Waals surface area contributed by atoms with Crippen molar-refractivity contribution in [2.45, 2.75) is 123 Å². The Hall–Kier alpha value is -2.15. The zero-order valence-electron chi connectivity index (χ0n) is 35.7. The van der Waals surface area contributed by atoms with Crippen LogP contribution >= 0.6 is 0 Å². The molecule has 0 saturated carbocycles. The maximum atomic E-state index is 11.9. The van der Waals surface area contributed by atoms with E-state index in [0.29, 0.717) is 98.9 Å². The first kappa shape index (κ1) is 50.0. The highest BCUT2D eigenvalue weighted by Crippen LogP contribution is 2.36. The number of esters is 1. The third-order valence-corrected chi connectivity index (χ3v) is 14.8. The summed E-state index contributed by atoms with van der Waals surface area (Å²) < 4.78 is 45.8. The van der Waals surface area contributed by atoms with Crippen LogP contribution in [0.4, 0.5) is 0 Å². The van der Waals surface area contributed by atoms with E-state index in [-0.39, 0.29) is 11.0 Å². The van der Waals surface area contributed by atoms with Gasteiger partial charge in [-0.25, -0.2) is 0 Å². The summed E-state index contributed by atoms with van der Waals surface area (Å²) in [5, 5.41) is 2.48. The van der Waals surface area contributed by atoms with Gasteiger partial charge in [-0.05, 0) is 21.8 Å². The SMILES string of the molecule is CCCCCCCCCCCCCCCC(=O)OCCOCCOCCOCCOCCOCCOCCO[Si](c1ccccc1)(c1ccccc1)C(C)(C)C. The molecular formula is C46H78O9Si. The van der Waals surface area contributed by atoms with Crippen LogP contribution in [0, 0.1) is 0 Å². The quantitative estimate of drug-likeness (QED) is 0.0376. The molecule has 0 spiro atoms. The Morgan fingerprint density at radius 2 is 0.768 bits per heavy atom. The van der Waals surface area contributed by atoms with Crippen molar-refractivity contribution in [2.75, 3.05) is 92.5 Å². The van der Waals surface area contributed by atoms with Gasteiger partial charge in [-0.2, -0.15) is 0 Å². The molecule has 0 saturated heterocycles. The van der Waals surface area contributed by atoms with Crippen molar-refractivity contribution in [3.63, 3.8) is 0 Å². The number of unbranched alkanes of at least 4 members (excludes halogenated alkanes) is 12. The Balaban J connectivity index is 1.31. The summed E-state index contributed by atoms with van der Waals surface area (Å²) in [6.45, 7) is 15.7. The predicted octanol–water partition coefficient (Wildman–Crippen LogP) is 8.69. The summed E-state index contributed by atoms with van der Waals surface area (Å²) in [7, 11) is -2.54.